The van der Waals surface area contributed by atoms with Gasteiger partial charge in [-0.2, -0.15) is 4.31 Å². The fourth-order valence-electron chi connectivity index (χ4n) is 2.74. The van der Waals surface area contributed by atoms with Gasteiger partial charge in [0.25, 0.3) is 10.0 Å². The Balaban J connectivity index is 2.12. The third-order valence-corrected chi connectivity index (χ3v) is 5.69. The summed E-state index contributed by atoms with van der Waals surface area (Å²) in [5, 5.41) is 3.54. The quantitative estimate of drug-likeness (QED) is 0.874. The van der Waals surface area contributed by atoms with Crippen LogP contribution in [-0.4, -0.2) is 48.0 Å². The first-order valence-electron chi connectivity index (χ1n) is 7.16. The van der Waals surface area contributed by atoms with Gasteiger partial charge in [0.1, 0.15) is 0 Å². The highest BCUT2D eigenvalue weighted by molar-refractivity contribution is 7.89. The summed E-state index contributed by atoms with van der Waals surface area (Å²) in [6.45, 7) is 6.28. The molecule has 1 aliphatic rings. The zero-order chi connectivity index (χ0) is 14.8. The summed E-state index contributed by atoms with van der Waals surface area (Å²) in [5.74, 6) is 0.363. The van der Waals surface area contributed by atoms with Crippen molar-refractivity contribution in [1.82, 2.24) is 19.2 Å². The van der Waals surface area contributed by atoms with E-state index in [-0.39, 0.29) is 5.03 Å². The minimum atomic E-state index is -3.45. The predicted octanol–water partition coefficient (Wildman–Crippen LogP) is 0.819. The van der Waals surface area contributed by atoms with E-state index < -0.39 is 10.0 Å². The highest BCUT2D eigenvalue weighted by atomic mass is 32.2. The van der Waals surface area contributed by atoms with Crippen LogP contribution in [0.3, 0.4) is 0 Å². The molecule has 0 bridgehead atoms. The molecule has 0 saturated carbocycles. The number of hydrogen-bond acceptors (Lipinski definition) is 4. The van der Waals surface area contributed by atoms with Crippen LogP contribution in [0.4, 0.5) is 0 Å². The van der Waals surface area contributed by atoms with Crippen LogP contribution in [0.1, 0.15) is 26.7 Å². The molecule has 1 N–H and O–H groups in total. The van der Waals surface area contributed by atoms with E-state index >= 15 is 0 Å². The van der Waals surface area contributed by atoms with E-state index in [4.69, 9.17) is 0 Å². The fraction of sp³-hybridized carbons (Fsp3) is 0.769. The third-order valence-electron chi connectivity index (χ3n) is 3.94. The van der Waals surface area contributed by atoms with Gasteiger partial charge in [-0.3, -0.25) is 0 Å². The Morgan fingerprint density at radius 3 is 2.90 bits per heavy atom. The van der Waals surface area contributed by atoms with E-state index in [2.05, 4.69) is 24.1 Å². The van der Waals surface area contributed by atoms with Gasteiger partial charge in [-0.05, 0) is 32.2 Å². The fourth-order valence-corrected chi connectivity index (χ4v) is 4.24. The molecule has 0 spiro atoms. The van der Waals surface area contributed by atoms with Gasteiger partial charge in [0, 0.05) is 32.4 Å². The Bertz CT molecular complexity index is 540. The minimum Gasteiger partial charge on any atom is -0.339 e. The van der Waals surface area contributed by atoms with Crippen LogP contribution in [0.25, 0.3) is 0 Å². The van der Waals surface area contributed by atoms with Gasteiger partial charge in [-0.15, -0.1) is 0 Å². The monoisotopic (exact) mass is 300 g/mol. The van der Waals surface area contributed by atoms with Crippen molar-refractivity contribution in [3.05, 3.63) is 12.5 Å². The Hall–Kier alpha value is -0.920. The SMILES string of the molecule is CCNC(C)C1CCCN(S(=O)(=O)c2cn(C)cn2)C1. The molecule has 1 fully saturated rings. The molecule has 20 heavy (non-hydrogen) atoms. The van der Waals surface area contributed by atoms with Gasteiger partial charge in [-0.1, -0.05) is 6.92 Å². The second-order valence-electron chi connectivity index (χ2n) is 5.49. The number of nitrogens with zero attached hydrogens (tertiary/aromatic N) is 3. The van der Waals surface area contributed by atoms with E-state index in [9.17, 15) is 8.42 Å². The molecule has 7 heteroatoms. The number of rotatable bonds is 5. The van der Waals surface area contributed by atoms with Crippen LogP contribution in [-0.2, 0) is 17.1 Å². The lowest BCUT2D eigenvalue weighted by molar-refractivity contribution is 0.225. The first kappa shape index (κ1) is 15.5. The molecule has 2 unspecified atom stereocenters. The van der Waals surface area contributed by atoms with E-state index in [1.165, 1.54) is 6.33 Å². The van der Waals surface area contributed by atoms with Crippen molar-refractivity contribution in [3.63, 3.8) is 0 Å². The van der Waals surface area contributed by atoms with Gasteiger partial charge in [-0.25, -0.2) is 13.4 Å². The Labute approximate surface area is 121 Å². The molecule has 1 saturated heterocycles. The normalized spacial score (nSPS) is 22.9. The van der Waals surface area contributed by atoms with Gasteiger partial charge in [0.15, 0.2) is 5.03 Å². The van der Waals surface area contributed by atoms with Crippen LogP contribution in [0.2, 0.25) is 0 Å². The summed E-state index contributed by atoms with van der Waals surface area (Å²) < 4.78 is 28.4. The highest BCUT2D eigenvalue weighted by Crippen LogP contribution is 2.24. The Morgan fingerprint density at radius 2 is 2.30 bits per heavy atom. The molecule has 6 nitrogen and oxygen atoms in total. The van der Waals surface area contributed by atoms with Crippen LogP contribution < -0.4 is 5.32 Å². The number of sulfonamides is 1. The highest BCUT2D eigenvalue weighted by Gasteiger charge is 2.33. The molecule has 0 amide bonds. The second-order valence-corrected chi connectivity index (χ2v) is 7.37. The predicted molar refractivity (Wildman–Crippen MR) is 77.8 cm³/mol. The van der Waals surface area contributed by atoms with Crippen molar-refractivity contribution in [1.29, 1.82) is 0 Å². The molecule has 114 valence electrons. The van der Waals surface area contributed by atoms with E-state index in [0.717, 1.165) is 19.4 Å². The lowest BCUT2D eigenvalue weighted by Gasteiger charge is -2.34. The molecular weight excluding hydrogens is 276 g/mol. The van der Waals surface area contributed by atoms with Gasteiger partial charge >= 0.3 is 0 Å². The molecule has 1 aliphatic heterocycles. The maximum absolute atomic E-state index is 12.6. The van der Waals surface area contributed by atoms with Crippen molar-refractivity contribution < 1.29 is 8.42 Å². The molecule has 0 aromatic carbocycles. The lowest BCUT2D eigenvalue weighted by Crippen LogP contribution is -2.46. The minimum absolute atomic E-state index is 0.150. The van der Waals surface area contributed by atoms with E-state index in [1.807, 2.05) is 0 Å². The van der Waals surface area contributed by atoms with Crippen LogP contribution >= 0.6 is 0 Å². The molecule has 1 aromatic heterocycles. The number of aromatic nitrogens is 2. The number of piperidine rings is 1. The van der Waals surface area contributed by atoms with Gasteiger partial charge < -0.3 is 9.88 Å². The Kier molecular flexibility index (Phi) is 4.82. The average molecular weight is 300 g/mol. The van der Waals surface area contributed by atoms with Crippen molar-refractivity contribution >= 4 is 10.0 Å². The molecular formula is C13H24N4O2S. The molecule has 1 aromatic rings. The zero-order valence-electron chi connectivity index (χ0n) is 12.4. The number of hydrogen-bond donors (Lipinski definition) is 1. The first-order chi connectivity index (χ1) is 9.45. The van der Waals surface area contributed by atoms with Gasteiger partial charge in [0.05, 0.1) is 6.33 Å². The molecule has 0 aliphatic carbocycles. The van der Waals surface area contributed by atoms with Crippen LogP contribution in [0.15, 0.2) is 17.6 Å². The van der Waals surface area contributed by atoms with Crippen molar-refractivity contribution in [2.75, 3.05) is 19.6 Å². The topological polar surface area (TPSA) is 67.2 Å². The summed E-state index contributed by atoms with van der Waals surface area (Å²) >= 11 is 0. The van der Waals surface area contributed by atoms with Crippen molar-refractivity contribution in [3.8, 4) is 0 Å². The number of aryl methyl sites for hydroxylation is 1. The van der Waals surface area contributed by atoms with E-state index in [0.29, 0.717) is 25.0 Å². The summed E-state index contributed by atoms with van der Waals surface area (Å²) in [5.41, 5.74) is 0. The maximum Gasteiger partial charge on any atom is 0.262 e. The number of nitrogens with one attached hydrogen (secondary N) is 1. The number of imidazole rings is 1. The first-order valence-corrected chi connectivity index (χ1v) is 8.60. The largest absolute Gasteiger partial charge is 0.339 e. The van der Waals surface area contributed by atoms with Crippen molar-refractivity contribution in [2.24, 2.45) is 13.0 Å². The summed E-state index contributed by atoms with van der Waals surface area (Å²) in [7, 11) is -1.67. The van der Waals surface area contributed by atoms with Crippen LogP contribution in [0, 0.1) is 5.92 Å². The molecule has 0 radical (unpaired) electrons. The average Bonchev–Trinajstić information content (AvgIpc) is 2.86. The smallest absolute Gasteiger partial charge is 0.262 e. The summed E-state index contributed by atoms with van der Waals surface area (Å²) in [6.07, 6.45) is 5.07. The zero-order valence-corrected chi connectivity index (χ0v) is 13.2. The van der Waals surface area contributed by atoms with Crippen molar-refractivity contribution in [2.45, 2.75) is 37.8 Å². The molecule has 2 atom stereocenters. The summed E-state index contributed by atoms with van der Waals surface area (Å²) in [4.78, 5) is 3.99. The Morgan fingerprint density at radius 1 is 1.55 bits per heavy atom. The maximum atomic E-state index is 12.6. The molecule has 2 heterocycles. The van der Waals surface area contributed by atoms with Gasteiger partial charge in [0.2, 0.25) is 0 Å². The third kappa shape index (κ3) is 3.21. The van der Waals surface area contributed by atoms with E-state index in [1.54, 1.807) is 22.1 Å². The lowest BCUT2D eigenvalue weighted by atomic mass is 9.93. The summed E-state index contributed by atoms with van der Waals surface area (Å²) in [6, 6.07) is 0.335. The second kappa shape index (κ2) is 6.24. The molecule has 2 rings (SSSR count). The van der Waals surface area contributed by atoms with Crippen LogP contribution in [0.5, 0.6) is 0 Å². The standard InChI is InChI=1S/C13H24N4O2S/c1-4-14-11(2)12-6-5-7-17(8-12)20(18,19)13-9-16(3)10-15-13/h9-12,14H,4-8H2,1-3H3.